The zero-order valence-electron chi connectivity index (χ0n) is 16.2. The normalized spacial score (nSPS) is 17.1. The molecule has 3 aromatic rings. The highest BCUT2D eigenvalue weighted by molar-refractivity contribution is 5.79. The summed E-state index contributed by atoms with van der Waals surface area (Å²) in [6.45, 7) is 5.42. The van der Waals surface area contributed by atoms with Crippen LogP contribution in [-0.2, 0) is 23.0 Å². The molecule has 28 heavy (non-hydrogen) atoms. The van der Waals surface area contributed by atoms with Crippen molar-refractivity contribution in [3.63, 3.8) is 0 Å². The summed E-state index contributed by atoms with van der Waals surface area (Å²) in [5, 5.41) is 16.1. The van der Waals surface area contributed by atoms with Crippen molar-refractivity contribution in [1.29, 1.82) is 0 Å². The van der Waals surface area contributed by atoms with Crippen LogP contribution in [0.3, 0.4) is 0 Å². The molecule has 1 fully saturated rings. The van der Waals surface area contributed by atoms with Crippen molar-refractivity contribution in [2.45, 2.75) is 26.4 Å². The Kier molecular flexibility index (Phi) is 4.91. The smallest absolute Gasteiger partial charge is 0.227 e. The van der Waals surface area contributed by atoms with Crippen molar-refractivity contribution in [3.8, 4) is 5.69 Å². The lowest BCUT2D eigenvalue weighted by Gasteiger charge is -2.32. The molecule has 146 valence electrons. The molecule has 0 bridgehead atoms. The number of benzene rings is 1. The predicted octanol–water partition coefficient (Wildman–Crippen LogP) is 1.16. The lowest BCUT2D eigenvalue weighted by molar-refractivity contribution is -0.138. The van der Waals surface area contributed by atoms with Crippen LogP contribution in [0.15, 0.2) is 30.3 Å². The molecule has 1 aliphatic heterocycles. The van der Waals surface area contributed by atoms with E-state index in [4.69, 9.17) is 4.74 Å². The molecule has 1 atom stereocenters. The first-order valence-corrected chi connectivity index (χ1v) is 9.26. The Bertz CT molecular complexity index is 980. The van der Waals surface area contributed by atoms with Crippen LogP contribution < -0.4 is 0 Å². The van der Waals surface area contributed by atoms with Crippen LogP contribution in [0.2, 0.25) is 0 Å². The van der Waals surface area contributed by atoms with Gasteiger partial charge in [0.25, 0.3) is 0 Å². The molecule has 1 saturated heterocycles. The average Bonchev–Trinajstić information content (AvgIpc) is 3.27. The maximum absolute atomic E-state index is 13.0. The maximum atomic E-state index is 13.0. The van der Waals surface area contributed by atoms with Crippen LogP contribution in [0.5, 0.6) is 0 Å². The van der Waals surface area contributed by atoms with E-state index in [1.807, 2.05) is 53.8 Å². The van der Waals surface area contributed by atoms with Crippen LogP contribution >= 0.6 is 0 Å². The second-order valence-corrected chi connectivity index (χ2v) is 6.93. The van der Waals surface area contributed by atoms with Gasteiger partial charge >= 0.3 is 0 Å². The van der Waals surface area contributed by atoms with E-state index in [-0.39, 0.29) is 12.0 Å². The summed E-state index contributed by atoms with van der Waals surface area (Å²) < 4.78 is 9.24. The summed E-state index contributed by atoms with van der Waals surface area (Å²) in [7, 11) is 1.77. The molecule has 2 aromatic heterocycles. The van der Waals surface area contributed by atoms with Gasteiger partial charge in [-0.3, -0.25) is 4.79 Å². The van der Waals surface area contributed by atoms with E-state index in [0.29, 0.717) is 31.9 Å². The van der Waals surface area contributed by atoms with Crippen molar-refractivity contribution in [2.75, 3.05) is 19.7 Å². The lowest BCUT2D eigenvalue weighted by atomic mass is 10.1. The number of hydrogen-bond acceptors (Lipinski definition) is 6. The number of ether oxygens (including phenoxy) is 1. The molecule has 9 heteroatoms. The number of para-hydroxylation sites is 1. The molecule has 1 amide bonds. The van der Waals surface area contributed by atoms with Crippen molar-refractivity contribution in [3.05, 3.63) is 53.1 Å². The summed E-state index contributed by atoms with van der Waals surface area (Å²) in [6, 6.07) is 9.94. The van der Waals surface area contributed by atoms with Gasteiger partial charge in [0.15, 0.2) is 5.82 Å². The molecule has 1 aliphatic rings. The Morgan fingerprint density at radius 2 is 2.04 bits per heavy atom. The van der Waals surface area contributed by atoms with Crippen LogP contribution in [0.1, 0.15) is 28.9 Å². The fraction of sp³-hybridized carbons (Fsp3) is 0.421. The molecule has 3 heterocycles. The molecule has 1 aromatic carbocycles. The minimum Gasteiger partial charge on any atom is -0.366 e. The van der Waals surface area contributed by atoms with Crippen LogP contribution in [0.4, 0.5) is 0 Å². The first kappa shape index (κ1) is 18.3. The van der Waals surface area contributed by atoms with E-state index in [1.165, 1.54) is 0 Å². The van der Waals surface area contributed by atoms with E-state index >= 15 is 0 Å². The summed E-state index contributed by atoms with van der Waals surface area (Å²) in [5.74, 6) is 0.684. The number of aromatic nitrogens is 6. The van der Waals surface area contributed by atoms with E-state index in [9.17, 15) is 4.79 Å². The molecule has 0 saturated carbocycles. The molecule has 0 radical (unpaired) electrons. The molecule has 1 unspecified atom stereocenters. The standard InChI is InChI=1S/C19H23N7O2/c1-13-16(14(2)26(21-13)15-7-5-4-6-8-15)11-18(27)25-9-10-28-17(12-25)19-20-22-23-24(19)3/h4-8,17H,9-12H2,1-3H3. The van der Waals surface area contributed by atoms with Gasteiger partial charge in [-0.15, -0.1) is 5.10 Å². The number of tetrazole rings is 1. The van der Waals surface area contributed by atoms with Crippen molar-refractivity contribution < 1.29 is 9.53 Å². The molecule has 0 N–H and O–H groups in total. The molecule has 0 spiro atoms. The van der Waals surface area contributed by atoms with E-state index < -0.39 is 0 Å². The number of aryl methyl sites for hydroxylation is 2. The molecule has 0 aliphatic carbocycles. The zero-order valence-corrected chi connectivity index (χ0v) is 16.2. The SMILES string of the molecule is Cc1nn(-c2ccccc2)c(C)c1CC(=O)N1CCOC(c2nnnn2C)C1. The van der Waals surface area contributed by atoms with Gasteiger partial charge in [0.1, 0.15) is 6.10 Å². The van der Waals surface area contributed by atoms with E-state index in [0.717, 1.165) is 22.6 Å². The fourth-order valence-corrected chi connectivity index (χ4v) is 3.56. The van der Waals surface area contributed by atoms with E-state index in [2.05, 4.69) is 20.6 Å². The zero-order chi connectivity index (χ0) is 19.7. The highest BCUT2D eigenvalue weighted by Crippen LogP contribution is 2.22. The third-order valence-corrected chi connectivity index (χ3v) is 5.13. The number of amides is 1. The van der Waals surface area contributed by atoms with E-state index in [1.54, 1.807) is 11.7 Å². The van der Waals surface area contributed by atoms with Gasteiger partial charge in [-0.25, -0.2) is 9.36 Å². The Morgan fingerprint density at radius 3 is 2.75 bits per heavy atom. The van der Waals surface area contributed by atoms with Gasteiger partial charge in [0.05, 0.1) is 31.0 Å². The fourth-order valence-electron chi connectivity index (χ4n) is 3.56. The maximum Gasteiger partial charge on any atom is 0.227 e. The summed E-state index contributed by atoms with van der Waals surface area (Å²) in [6.07, 6.45) is 0.000753. The first-order chi connectivity index (χ1) is 13.5. The number of morpholine rings is 1. The van der Waals surface area contributed by atoms with Crippen LogP contribution in [-0.4, -0.2) is 60.5 Å². The van der Waals surface area contributed by atoms with Gasteiger partial charge in [0, 0.05) is 24.8 Å². The van der Waals surface area contributed by atoms with Gasteiger partial charge in [-0.05, 0) is 36.4 Å². The second-order valence-electron chi connectivity index (χ2n) is 6.93. The third-order valence-electron chi connectivity index (χ3n) is 5.13. The van der Waals surface area contributed by atoms with Crippen LogP contribution in [0, 0.1) is 13.8 Å². The van der Waals surface area contributed by atoms with Gasteiger partial charge in [0.2, 0.25) is 5.91 Å². The van der Waals surface area contributed by atoms with Gasteiger partial charge < -0.3 is 9.64 Å². The highest BCUT2D eigenvalue weighted by atomic mass is 16.5. The lowest BCUT2D eigenvalue weighted by Crippen LogP contribution is -2.43. The molecular formula is C19H23N7O2. The summed E-state index contributed by atoms with van der Waals surface area (Å²) in [4.78, 5) is 14.8. The number of carbonyl (C=O) groups excluding carboxylic acids is 1. The molecular weight excluding hydrogens is 358 g/mol. The monoisotopic (exact) mass is 381 g/mol. The minimum atomic E-state index is -0.313. The Morgan fingerprint density at radius 1 is 1.25 bits per heavy atom. The largest absolute Gasteiger partial charge is 0.366 e. The highest BCUT2D eigenvalue weighted by Gasteiger charge is 2.29. The summed E-state index contributed by atoms with van der Waals surface area (Å²) >= 11 is 0. The third kappa shape index (κ3) is 3.40. The first-order valence-electron chi connectivity index (χ1n) is 9.26. The van der Waals surface area contributed by atoms with Crippen molar-refractivity contribution in [2.24, 2.45) is 7.05 Å². The van der Waals surface area contributed by atoms with Gasteiger partial charge in [-0.1, -0.05) is 18.2 Å². The predicted molar refractivity (Wildman–Crippen MR) is 101 cm³/mol. The number of nitrogens with zero attached hydrogens (tertiary/aromatic N) is 7. The Balaban J connectivity index is 1.51. The number of rotatable bonds is 4. The molecule has 9 nitrogen and oxygen atoms in total. The number of carbonyl (C=O) groups is 1. The Hall–Kier alpha value is -3.07. The number of hydrogen-bond donors (Lipinski definition) is 0. The minimum absolute atomic E-state index is 0.0576. The summed E-state index contributed by atoms with van der Waals surface area (Å²) in [5.41, 5.74) is 3.82. The quantitative estimate of drug-likeness (QED) is 0.673. The van der Waals surface area contributed by atoms with Crippen LogP contribution in [0.25, 0.3) is 5.69 Å². The average molecular weight is 381 g/mol. The molecule has 4 rings (SSSR count). The Labute approximate surface area is 162 Å². The second kappa shape index (κ2) is 7.51. The topological polar surface area (TPSA) is 91.0 Å². The van der Waals surface area contributed by atoms with Gasteiger partial charge in [-0.2, -0.15) is 5.10 Å². The van der Waals surface area contributed by atoms with Crippen molar-refractivity contribution >= 4 is 5.91 Å². The van der Waals surface area contributed by atoms with Crippen molar-refractivity contribution in [1.82, 2.24) is 34.9 Å².